The van der Waals surface area contributed by atoms with Gasteiger partial charge in [-0.05, 0) is 36.4 Å². The van der Waals surface area contributed by atoms with E-state index in [1.165, 1.54) is 6.26 Å². The van der Waals surface area contributed by atoms with Crippen LogP contribution in [0.2, 0.25) is 0 Å². The number of hydrogen-bond donors (Lipinski definition) is 0. The van der Waals surface area contributed by atoms with Gasteiger partial charge < -0.3 is 9.47 Å². The number of ether oxygens (including phenoxy) is 2. The maximum absolute atomic E-state index is 11.5. The number of nitrogens with zero attached hydrogens (tertiary/aromatic N) is 2. The molecule has 2 heterocycles. The summed E-state index contributed by atoms with van der Waals surface area (Å²) in [6, 6.07) is 12.4. The number of hydrogen-bond acceptors (Lipinski definition) is 6. The molecule has 0 spiro atoms. The van der Waals surface area contributed by atoms with Gasteiger partial charge in [0.2, 0.25) is 0 Å². The van der Waals surface area contributed by atoms with Crippen molar-refractivity contribution in [3.8, 4) is 5.75 Å². The Labute approximate surface area is 148 Å². The van der Waals surface area contributed by atoms with Crippen LogP contribution in [0.3, 0.4) is 0 Å². The van der Waals surface area contributed by atoms with Crippen molar-refractivity contribution in [2.75, 3.05) is 32.6 Å². The third-order valence-electron chi connectivity index (χ3n) is 3.98. The van der Waals surface area contributed by atoms with E-state index in [1.54, 1.807) is 30.5 Å². The Hall–Kier alpha value is -1.96. The summed E-state index contributed by atoms with van der Waals surface area (Å²) in [6.45, 7) is 3.46. The molecule has 1 aliphatic heterocycles. The highest BCUT2D eigenvalue weighted by molar-refractivity contribution is 7.90. The highest BCUT2D eigenvalue weighted by Crippen LogP contribution is 2.18. The molecule has 0 N–H and O–H groups in total. The fourth-order valence-corrected chi connectivity index (χ4v) is 3.36. The second-order valence-corrected chi connectivity index (χ2v) is 8.13. The van der Waals surface area contributed by atoms with Crippen LogP contribution in [0.1, 0.15) is 5.69 Å². The van der Waals surface area contributed by atoms with Crippen LogP contribution in [0.5, 0.6) is 5.75 Å². The van der Waals surface area contributed by atoms with Crippen LogP contribution in [-0.2, 0) is 21.1 Å². The summed E-state index contributed by atoms with van der Waals surface area (Å²) in [5, 5.41) is 0. The van der Waals surface area contributed by atoms with E-state index in [2.05, 4.69) is 9.88 Å². The molecule has 6 nitrogen and oxygen atoms in total. The molecule has 25 heavy (non-hydrogen) atoms. The summed E-state index contributed by atoms with van der Waals surface area (Å²) in [5.41, 5.74) is 1.01. The van der Waals surface area contributed by atoms with E-state index < -0.39 is 9.84 Å². The first-order chi connectivity index (χ1) is 12.0. The van der Waals surface area contributed by atoms with Gasteiger partial charge in [-0.3, -0.25) is 9.88 Å². The van der Waals surface area contributed by atoms with Gasteiger partial charge in [0.1, 0.15) is 11.9 Å². The number of pyridine rings is 1. The zero-order valence-electron chi connectivity index (χ0n) is 14.2. The zero-order valence-corrected chi connectivity index (χ0v) is 15.0. The van der Waals surface area contributed by atoms with Gasteiger partial charge in [-0.15, -0.1) is 0 Å². The molecular weight excluding hydrogens is 340 g/mol. The summed E-state index contributed by atoms with van der Waals surface area (Å²) in [7, 11) is -3.20. The average Bonchev–Trinajstić information content (AvgIpc) is 2.80. The van der Waals surface area contributed by atoms with Gasteiger partial charge in [0.25, 0.3) is 0 Å². The van der Waals surface area contributed by atoms with Crippen molar-refractivity contribution in [2.24, 2.45) is 0 Å². The van der Waals surface area contributed by atoms with Crippen LogP contribution in [0.4, 0.5) is 0 Å². The maximum Gasteiger partial charge on any atom is 0.175 e. The van der Waals surface area contributed by atoms with Crippen molar-refractivity contribution in [1.82, 2.24) is 9.88 Å². The lowest BCUT2D eigenvalue weighted by Gasteiger charge is -2.23. The van der Waals surface area contributed by atoms with Gasteiger partial charge >= 0.3 is 0 Å². The normalized spacial score (nSPS) is 19.3. The first kappa shape index (κ1) is 17.8. The molecule has 1 unspecified atom stereocenters. The van der Waals surface area contributed by atoms with Gasteiger partial charge in [0, 0.05) is 32.1 Å². The minimum atomic E-state index is -3.20. The van der Waals surface area contributed by atoms with Crippen LogP contribution >= 0.6 is 0 Å². The van der Waals surface area contributed by atoms with Crippen molar-refractivity contribution in [3.63, 3.8) is 0 Å². The smallest absolute Gasteiger partial charge is 0.175 e. The lowest BCUT2D eigenvalue weighted by Crippen LogP contribution is -2.35. The van der Waals surface area contributed by atoms with Crippen molar-refractivity contribution >= 4 is 9.84 Å². The molecule has 1 fully saturated rings. The van der Waals surface area contributed by atoms with Gasteiger partial charge in [-0.25, -0.2) is 8.42 Å². The van der Waals surface area contributed by atoms with Gasteiger partial charge in [0.05, 0.1) is 23.8 Å². The largest absolute Gasteiger partial charge is 0.487 e. The number of rotatable bonds is 5. The van der Waals surface area contributed by atoms with E-state index in [4.69, 9.17) is 9.47 Å². The molecule has 0 amide bonds. The minimum Gasteiger partial charge on any atom is -0.487 e. The van der Waals surface area contributed by atoms with Crippen molar-refractivity contribution in [3.05, 3.63) is 54.4 Å². The van der Waals surface area contributed by atoms with Crippen molar-refractivity contribution in [2.45, 2.75) is 17.5 Å². The highest BCUT2D eigenvalue weighted by atomic mass is 32.2. The molecule has 1 atom stereocenters. The molecule has 1 aromatic heterocycles. The van der Waals surface area contributed by atoms with E-state index in [0.29, 0.717) is 19.0 Å². The first-order valence-corrected chi connectivity index (χ1v) is 10.1. The molecule has 1 aliphatic rings. The molecule has 1 aromatic carbocycles. The standard InChI is InChI=1S/C18H22N2O4S/c1-25(21,22)18-7-5-16(6-8-18)24-17-13-20(10-11-23-14-17)12-15-4-2-3-9-19-15/h2-9,17H,10-14H2,1H3. The second kappa shape index (κ2) is 7.95. The Balaban J connectivity index is 1.63. The highest BCUT2D eigenvalue weighted by Gasteiger charge is 2.20. The molecule has 0 bridgehead atoms. The summed E-state index contributed by atoms with van der Waals surface area (Å²) < 4.78 is 34.7. The second-order valence-electron chi connectivity index (χ2n) is 6.11. The molecule has 134 valence electrons. The van der Waals surface area contributed by atoms with E-state index in [1.807, 2.05) is 18.2 Å². The van der Waals surface area contributed by atoms with Crippen LogP contribution in [-0.4, -0.2) is 57.0 Å². The molecule has 7 heteroatoms. The molecule has 2 aromatic rings. The predicted molar refractivity (Wildman–Crippen MR) is 94.3 cm³/mol. The maximum atomic E-state index is 11.5. The molecule has 0 aliphatic carbocycles. The molecule has 0 radical (unpaired) electrons. The third-order valence-corrected chi connectivity index (χ3v) is 5.11. The zero-order chi connectivity index (χ0) is 17.7. The Kier molecular flexibility index (Phi) is 5.67. The van der Waals surface area contributed by atoms with Crippen LogP contribution < -0.4 is 4.74 Å². The number of aromatic nitrogens is 1. The quantitative estimate of drug-likeness (QED) is 0.807. The first-order valence-electron chi connectivity index (χ1n) is 8.17. The van der Waals surface area contributed by atoms with Crippen LogP contribution in [0, 0.1) is 0 Å². The monoisotopic (exact) mass is 362 g/mol. The summed E-state index contributed by atoms with van der Waals surface area (Å²) in [4.78, 5) is 6.91. The topological polar surface area (TPSA) is 68.7 Å². The van der Waals surface area contributed by atoms with E-state index in [0.717, 1.165) is 25.3 Å². The van der Waals surface area contributed by atoms with E-state index in [9.17, 15) is 8.42 Å². The van der Waals surface area contributed by atoms with Crippen LogP contribution in [0.25, 0.3) is 0 Å². The van der Waals surface area contributed by atoms with Crippen molar-refractivity contribution in [1.29, 1.82) is 0 Å². The summed E-state index contributed by atoms with van der Waals surface area (Å²) in [6.07, 6.45) is 2.87. The van der Waals surface area contributed by atoms with Gasteiger partial charge in [0.15, 0.2) is 9.84 Å². The fourth-order valence-electron chi connectivity index (χ4n) is 2.73. The van der Waals surface area contributed by atoms with E-state index in [-0.39, 0.29) is 11.0 Å². The SMILES string of the molecule is CS(=O)(=O)c1ccc(OC2COCCN(Cc3ccccn3)C2)cc1. The predicted octanol–water partition coefficient (Wildman–Crippen LogP) is 1.76. The Bertz CT molecular complexity index is 778. The Morgan fingerprint density at radius 2 is 2.04 bits per heavy atom. The van der Waals surface area contributed by atoms with Gasteiger partial charge in [-0.2, -0.15) is 0 Å². The molecular formula is C18H22N2O4S. The number of sulfone groups is 1. The van der Waals surface area contributed by atoms with E-state index >= 15 is 0 Å². The lowest BCUT2D eigenvalue weighted by atomic mass is 10.3. The fraction of sp³-hybridized carbons (Fsp3) is 0.389. The minimum absolute atomic E-state index is 0.115. The number of benzene rings is 1. The molecule has 1 saturated heterocycles. The summed E-state index contributed by atoms with van der Waals surface area (Å²) in [5.74, 6) is 0.640. The van der Waals surface area contributed by atoms with Crippen LogP contribution in [0.15, 0.2) is 53.6 Å². The molecule has 0 saturated carbocycles. The Morgan fingerprint density at radius 1 is 1.24 bits per heavy atom. The van der Waals surface area contributed by atoms with Crippen molar-refractivity contribution < 1.29 is 17.9 Å². The Morgan fingerprint density at radius 3 is 2.72 bits per heavy atom. The third kappa shape index (κ3) is 5.26. The van der Waals surface area contributed by atoms with Gasteiger partial charge in [-0.1, -0.05) is 6.07 Å². The molecule has 3 rings (SSSR count). The average molecular weight is 362 g/mol. The summed E-state index contributed by atoms with van der Waals surface area (Å²) >= 11 is 0. The lowest BCUT2D eigenvalue weighted by molar-refractivity contribution is 0.0710.